The quantitative estimate of drug-likeness (QED) is 0.539. The van der Waals surface area contributed by atoms with Crippen LogP contribution in [0.1, 0.15) is 31.1 Å². The second kappa shape index (κ2) is 13.7. The first-order valence-corrected chi connectivity index (χ1v) is 10.9. The van der Waals surface area contributed by atoms with E-state index in [1.54, 1.807) is 6.20 Å². The highest BCUT2D eigenvalue weighted by molar-refractivity contribution is 5.78. The van der Waals surface area contributed by atoms with Crippen LogP contribution in [0.15, 0.2) is 30.6 Å². The van der Waals surface area contributed by atoms with Crippen molar-refractivity contribution in [1.82, 2.24) is 24.3 Å². The summed E-state index contributed by atoms with van der Waals surface area (Å²) in [5.41, 5.74) is 2.04. The van der Waals surface area contributed by atoms with E-state index >= 15 is 0 Å². The molecule has 2 N–H and O–H groups in total. The molecule has 3 rings (SSSR count). The lowest BCUT2D eigenvalue weighted by Gasteiger charge is -2.29. The zero-order valence-corrected chi connectivity index (χ0v) is 20.6. The number of carboxylic acid groups (broad SMARTS) is 2. The molecule has 0 bridgehead atoms. The van der Waals surface area contributed by atoms with E-state index in [1.807, 2.05) is 29.3 Å². The van der Waals surface area contributed by atoms with Gasteiger partial charge in [0.2, 0.25) is 5.91 Å². The lowest BCUT2D eigenvalue weighted by atomic mass is 10.2. The Balaban J connectivity index is 0.000000426. The highest BCUT2D eigenvalue weighted by Crippen LogP contribution is 2.17. The van der Waals surface area contributed by atoms with Crippen molar-refractivity contribution in [3.8, 4) is 0 Å². The third-order valence-electron chi connectivity index (χ3n) is 5.14. The predicted molar refractivity (Wildman–Crippen MR) is 120 cm³/mol. The molecule has 0 aliphatic carbocycles. The number of hydrogen-bond donors (Lipinski definition) is 2. The Bertz CT molecular complexity index is 1050. The van der Waals surface area contributed by atoms with Crippen molar-refractivity contribution in [1.29, 1.82) is 0 Å². The number of fused-ring (bicyclic) bond motifs is 1. The first-order valence-electron chi connectivity index (χ1n) is 10.9. The van der Waals surface area contributed by atoms with Crippen molar-refractivity contribution in [2.75, 3.05) is 13.6 Å². The van der Waals surface area contributed by atoms with E-state index in [0.717, 1.165) is 31.2 Å². The number of nitrogens with zero attached hydrogens (tertiary/aromatic N) is 5. The predicted octanol–water partition coefficient (Wildman–Crippen LogP) is 2.97. The van der Waals surface area contributed by atoms with Crippen molar-refractivity contribution in [3.05, 3.63) is 47.8 Å². The number of amides is 1. The number of aromatic nitrogens is 3. The van der Waals surface area contributed by atoms with Crippen LogP contribution in [0.25, 0.3) is 0 Å². The third kappa shape index (κ3) is 10.7. The number of halogens is 6. The number of hydrogen-bond acceptors (Lipinski definition) is 6. The first-order chi connectivity index (χ1) is 17.4. The fourth-order valence-electron chi connectivity index (χ4n) is 2.87. The highest BCUT2D eigenvalue weighted by atomic mass is 19.4. The van der Waals surface area contributed by atoms with Gasteiger partial charge in [-0.05, 0) is 33.0 Å². The lowest BCUT2D eigenvalue weighted by Crippen LogP contribution is -2.40. The molecule has 0 unspecified atom stereocenters. The zero-order valence-electron chi connectivity index (χ0n) is 20.6. The summed E-state index contributed by atoms with van der Waals surface area (Å²) in [6.07, 6.45) is -6.14. The van der Waals surface area contributed by atoms with E-state index in [4.69, 9.17) is 19.8 Å². The highest BCUT2D eigenvalue weighted by Gasteiger charge is 2.38. The van der Waals surface area contributed by atoms with Gasteiger partial charge in [-0.25, -0.2) is 14.6 Å². The molecule has 38 heavy (non-hydrogen) atoms. The Morgan fingerprint density at radius 1 is 1.00 bits per heavy atom. The van der Waals surface area contributed by atoms with Gasteiger partial charge in [-0.2, -0.15) is 26.3 Å². The molecule has 16 heteroatoms. The van der Waals surface area contributed by atoms with Crippen molar-refractivity contribution in [2.45, 2.75) is 58.3 Å². The molecule has 1 aliphatic rings. The minimum atomic E-state index is -5.08. The van der Waals surface area contributed by atoms with Gasteiger partial charge in [0.05, 0.1) is 18.7 Å². The molecule has 0 aromatic carbocycles. The Morgan fingerprint density at radius 3 is 2.00 bits per heavy atom. The summed E-state index contributed by atoms with van der Waals surface area (Å²) in [4.78, 5) is 43.2. The molecular weight excluding hydrogens is 528 g/mol. The van der Waals surface area contributed by atoms with Crippen molar-refractivity contribution in [2.24, 2.45) is 0 Å². The fraction of sp³-hybridized carbons (Fsp3) is 0.500. The van der Waals surface area contributed by atoms with Gasteiger partial charge in [-0.3, -0.25) is 14.7 Å². The SMILES string of the molecule is CC(C)N(C)Cc1cnc2n1CCN(C(=O)Cc1ccccn1)C2.O=C(O)C(F)(F)F.O=C(O)C(F)(F)F. The van der Waals surface area contributed by atoms with Gasteiger partial charge in [0, 0.05) is 43.8 Å². The lowest BCUT2D eigenvalue weighted by molar-refractivity contribution is -0.193. The molecule has 0 radical (unpaired) electrons. The summed E-state index contributed by atoms with van der Waals surface area (Å²) >= 11 is 0. The van der Waals surface area contributed by atoms with Crippen LogP contribution in [0.4, 0.5) is 26.3 Å². The minimum absolute atomic E-state index is 0.115. The Kier molecular flexibility index (Phi) is 11.7. The molecule has 1 amide bonds. The Morgan fingerprint density at radius 2 is 1.55 bits per heavy atom. The van der Waals surface area contributed by atoms with Crippen LogP contribution in [-0.2, 0) is 40.4 Å². The van der Waals surface area contributed by atoms with E-state index in [2.05, 4.69) is 40.3 Å². The monoisotopic (exact) mass is 555 g/mol. The number of carbonyl (C=O) groups is 3. The van der Waals surface area contributed by atoms with Crippen LogP contribution in [0.5, 0.6) is 0 Å². The number of imidazole rings is 1. The third-order valence-corrected chi connectivity index (χ3v) is 5.14. The summed E-state index contributed by atoms with van der Waals surface area (Å²) in [6, 6.07) is 6.16. The molecule has 3 heterocycles. The Labute approximate surface area is 213 Å². The Hall–Kier alpha value is -3.69. The van der Waals surface area contributed by atoms with Crippen molar-refractivity contribution < 1.29 is 50.9 Å². The summed E-state index contributed by atoms with van der Waals surface area (Å²) in [5, 5.41) is 14.2. The van der Waals surface area contributed by atoms with Gasteiger partial charge >= 0.3 is 24.3 Å². The standard InChI is InChI=1S/C18H25N5O.2C2HF3O2/c1-14(2)21(3)12-16-11-20-17-13-22(8-9-23(16)17)18(24)10-15-6-4-5-7-19-15;2*3-2(4,5)1(6)7/h4-7,11,14H,8-10,12-13H2,1-3H3;2*(H,6,7). The average molecular weight is 555 g/mol. The minimum Gasteiger partial charge on any atom is -0.475 e. The number of carbonyl (C=O) groups excluding carboxylic acids is 1. The first kappa shape index (κ1) is 32.3. The van der Waals surface area contributed by atoms with E-state index in [1.165, 1.54) is 5.69 Å². The summed E-state index contributed by atoms with van der Waals surface area (Å²) in [5.74, 6) is -4.42. The van der Waals surface area contributed by atoms with Crippen LogP contribution < -0.4 is 0 Å². The maximum absolute atomic E-state index is 12.5. The van der Waals surface area contributed by atoms with E-state index in [9.17, 15) is 31.1 Å². The topological polar surface area (TPSA) is 129 Å². The molecule has 2 aromatic rings. The molecule has 0 spiro atoms. The van der Waals surface area contributed by atoms with E-state index in [0.29, 0.717) is 19.0 Å². The number of pyridine rings is 1. The van der Waals surface area contributed by atoms with Crippen LogP contribution in [0, 0.1) is 0 Å². The molecule has 0 fully saturated rings. The van der Waals surface area contributed by atoms with Crippen LogP contribution in [0.2, 0.25) is 0 Å². The maximum Gasteiger partial charge on any atom is 0.490 e. The van der Waals surface area contributed by atoms with Crippen LogP contribution in [-0.4, -0.2) is 84.4 Å². The maximum atomic E-state index is 12.5. The van der Waals surface area contributed by atoms with Gasteiger partial charge in [0.25, 0.3) is 0 Å². The van der Waals surface area contributed by atoms with Gasteiger partial charge in [0.15, 0.2) is 0 Å². The molecule has 0 saturated carbocycles. The smallest absolute Gasteiger partial charge is 0.475 e. The van der Waals surface area contributed by atoms with Crippen molar-refractivity contribution >= 4 is 17.8 Å². The summed E-state index contributed by atoms with van der Waals surface area (Å²) < 4.78 is 65.7. The van der Waals surface area contributed by atoms with Crippen LogP contribution in [0.3, 0.4) is 0 Å². The number of alkyl halides is 6. The fourth-order valence-corrected chi connectivity index (χ4v) is 2.87. The van der Waals surface area contributed by atoms with E-state index in [-0.39, 0.29) is 5.91 Å². The molecule has 0 saturated heterocycles. The normalized spacial score (nSPS) is 13.2. The average Bonchev–Trinajstić information content (AvgIpc) is 3.21. The largest absolute Gasteiger partial charge is 0.490 e. The number of carboxylic acids is 2. The molecule has 2 aromatic heterocycles. The second-order valence-electron chi connectivity index (χ2n) is 8.25. The summed E-state index contributed by atoms with van der Waals surface area (Å²) in [7, 11) is 2.12. The van der Waals surface area contributed by atoms with Gasteiger partial charge in [0.1, 0.15) is 5.82 Å². The molecule has 1 aliphatic heterocycles. The van der Waals surface area contributed by atoms with Gasteiger partial charge in [-0.1, -0.05) is 6.07 Å². The van der Waals surface area contributed by atoms with Crippen LogP contribution >= 0.6 is 0 Å². The molecule has 212 valence electrons. The van der Waals surface area contributed by atoms with Gasteiger partial charge < -0.3 is 19.7 Å². The molecule has 10 nitrogen and oxygen atoms in total. The summed E-state index contributed by atoms with van der Waals surface area (Å²) in [6.45, 7) is 7.37. The van der Waals surface area contributed by atoms with E-state index < -0.39 is 24.3 Å². The second-order valence-corrected chi connectivity index (χ2v) is 8.25. The van der Waals surface area contributed by atoms with Crippen molar-refractivity contribution in [3.63, 3.8) is 0 Å². The zero-order chi connectivity index (χ0) is 29.3. The number of aliphatic carboxylic acids is 2. The molecular formula is C22H27F6N5O5. The number of rotatable bonds is 5. The van der Waals surface area contributed by atoms with Gasteiger partial charge in [-0.15, -0.1) is 0 Å². The molecule has 0 atom stereocenters.